The van der Waals surface area contributed by atoms with Crippen molar-refractivity contribution in [2.75, 3.05) is 13.2 Å². The molecule has 0 saturated carbocycles. The molecular weight excluding hydrogens is 364 g/mol. The molecule has 0 radical (unpaired) electrons. The third-order valence-corrected chi connectivity index (χ3v) is 5.23. The minimum atomic E-state index is -0.0441. The lowest BCUT2D eigenvalue weighted by molar-refractivity contribution is -0.145. The lowest BCUT2D eigenvalue weighted by atomic mass is 9.93. The number of carbonyl (C=O) groups excluding carboxylic acids is 2. The molecule has 0 fully saturated rings. The Labute approximate surface area is 180 Å². The lowest BCUT2D eigenvalue weighted by Crippen LogP contribution is -2.11. The Kier molecular flexibility index (Phi) is 18.2. The predicted molar refractivity (Wildman–Crippen MR) is 121 cm³/mol. The van der Waals surface area contributed by atoms with Crippen LogP contribution in [0.25, 0.3) is 0 Å². The van der Waals surface area contributed by atoms with Crippen molar-refractivity contribution in [3.8, 4) is 0 Å². The number of ether oxygens (including phenoxy) is 2. The van der Waals surface area contributed by atoms with E-state index >= 15 is 0 Å². The number of esters is 2. The fraction of sp³-hybridized carbons (Fsp3) is 0.920. The highest BCUT2D eigenvalue weighted by atomic mass is 16.5. The maximum absolute atomic E-state index is 11.7. The molecule has 0 aromatic carbocycles. The van der Waals surface area contributed by atoms with Gasteiger partial charge in [-0.1, -0.05) is 92.4 Å². The summed E-state index contributed by atoms with van der Waals surface area (Å²) in [5, 5.41) is 0. The van der Waals surface area contributed by atoms with Crippen LogP contribution in [0, 0.1) is 17.8 Å². The maximum atomic E-state index is 11.7. The van der Waals surface area contributed by atoms with E-state index in [1.165, 1.54) is 44.9 Å². The summed E-state index contributed by atoms with van der Waals surface area (Å²) in [6.07, 6.45) is 14.2. The van der Waals surface area contributed by atoms with E-state index in [0.717, 1.165) is 25.7 Å². The molecule has 0 rings (SSSR count). The highest BCUT2D eigenvalue weighted by Gasteiger charge is 2.11. The Hall–Kier alpha value is -1.06. The van der Waals surface area contributed by atoms with Crippen molar-refractivity contribution < 1.29 is 19.1 Å². The first-order valence-electron chi connectivity index (χ1n) is 12.2. The van der Waals surface area contributed by atoms with Crippen molar-refractivity contribution in [2.24, 2.45) is 17.8 Å². The van der Waals surface area contributed by atoms with E-state index in [1.54, 1.807) is 0 Å². The van der Waals surface area contributed by atoms with Crippen LogP contribution in [0.1, 0.15) is 118 Å². The zero-order valence-corrected chi connectivity index (χ0v) is 20.0. The Morgan fingerprint density at radius 1 is 0.621 bits per heavy atom. The van der Waals surface area contributed by atoms with Crippen LogP contribution in [0.3, 0.4) is 0 Å². The third kappa shape index (κ3) is 20.0. The van der Waals surface area contributed by atoms with E-state index in [4.69, 9.17) is 9.47 Å². The molecule has 1 unspecified atom stereocenters. The van der Waals surface area contributed by atoms with E-state index in [2.05, 4.69) is 34.6 Å². The summed E-state index contributed by atoms with van der Waals surface area (Å²) in [4.78, 5) is 23.3. The molecular formula is C25H48O4. The van der Waals surface area contributed by atoms with Gasteiger partial charge in [0.05, 0.1) is 13.2 Å². The molecule has 0 heterocycles. The third-order valence-electron chi connectivity index (χ3n) is 5.23. The predicted octanol–water partition coefficient (Wildman–Crippen LogP) is 7.09. The topological polar surface area (TPSA) is 52.6 Å². The molecule has 0 amide bonds. The molecule has 0 aliphatic carbocycles. The molecule has 0 aliphatic rings. The van der Waals surface area contributed by atoms with Gasteiger partial charge in [0.15, 0.2) is 0 Å². The number of hydrogen-bond acceptors (Lipinski definition) is 4. The molecule has 0 aliphatic heterocycles. The largest absolute Gasteiger partial charge is 0.465 e. The number of unbranched alkanes of at least 4 members (excludes halogenated alkanes) is 7. The van der Waals surface area contributed by atoms with Crippen LogP contribution < -0.4 is 0 Å². The molecule has 4 nitrogen and oxygen atoms in total. The molecule has 0 N–H and O–H groups in total. The van der Waals surface area contributed by atoms with E-state index in [0.29, 0.717) is 43.8 Å². The standard InChI is InChI=1S/C25H48O4/c1-6-23(17-18-25(27)29-20-22(4)5)15-13-11-9-7-8-10-12-14-16-24(26)28-19-21(2)3/h21-23H,6-20H2,1-5H3. The summed E-state index contributed by atoms with van der Waals surface area (Å²) in [6, 6.07) is 0. The summed E-state index contributed by atoms with van der Waals surface area (Å²) >= 11 is 0. The highest BCUT2D eigenvalue weighted by Crippen LogP contribution is 2.20. The van der Waals surface area contributed by atoms with Crippen LogP contribution in [-0.4, -0.2) is 25.2 Å². The molecule has 0 aromatic heterocycles. The van der Waals surface area contributed by atoms with Gasteiger partial charge in [-0.2, -0.15) is 0 Å². The van der Waals surface area contributed by atoms with Gasteiger partial charge in [0.25, 0.3) is 0 Å². The van der Waals surface area contributed by atoms with Crippen LogP contribution in [0.15, 0.2) is 0 Å². The van der Waals surface area contributed by atoms with E-state index in [1.807, 2.05) is 0 Å². The van der Waals surface area contributed by atoms with E-state index in [-0.39, 0.29) is 11.9 Å². The van der Waals surface area contributed by atoms with Gasteiger partial charge >= 0.3 is 11.9 Å². The van der Waals surface area contributed by atoms with Gasteiger partial charge in [-0.05, 0) is 30.6 Å². The van der Waals surface area contributed by atoms with Gasteiger partial charge in [-0.15, -0.1) is 0 Å². The van der Waals surface area contributed by atoms with Gasteiger partial charge in [0.1, 0.15) is 0 Å². The highest BCUT2D eigenvalue weighted by molar-refractivity contribution is 5.69. The summed E-state index contributed by atoms with van der Waals surface area (Å²) < 4.78 is 10.5. The molecule has 0 bridgehead atoms. The molecule has 172 valence electrons. The van der Waals surface area contributed by atoms with Gasteiger partial charge in [-0.25, -0.2) is 0 Å². The average Bonchev–Trinajstić information content (AvgIpc) is 2.68. The minimum Gasteiger partial charge on any atom is -0.465 e. The second kappa shape index (κ2) is 18.9. The van der Waals surface area contributed by atoms with Crippen molar-refractivity contribution in [3.05, 3.63) is 0 Å². The Morgan fingerprint density at radius 3 is 1.55 bits per heavy atom. The monoisotopic (exact) mass is 412 g/mol. The zero-order chi connectivity index (χ0) is 21.9. The van der Waals surface area contributed by atoms with Gasteiger partial charge in [0.2, 0.25) is 0 Å². The summed E-state index contributed by atoms with van der Waals surface area (Å²) in [5.41, 5.74) is 0. The second-order valence-corrected chi connectivity index (χ2v) is 9.33. The summed E-state index contributed by atoms with van der Waals surface area (Å²) in [6.45, 7) is 11.5. The Bertz CT molecular complexity index is 404. The Balaban J connectivity index is 3.49. The van der Waals surface area contributed by atoms with Crippen LogP contribution in [0.2, 0.25) is 0 Å². The zero-order valence-electron chi connectivity index (χ0n) is 20.0. The van der Waals surface area contributed by atoms with Crippen molar-refractivity contribution in [1.82, 2.24) is 0 Å². The minimum absolute atomic E-state index is 0.0367. The summed E-state index contributed by atoms with van der Waals surface area (Å²) in [7, 11) is 0. The van der Waals surface area contributed by atoms with Crippen LogP contribution >= 0.6 is 0 Å². The lowest BCUT2D eigenvalue weighted by Gasteiger charge is -2.14. The quantitative estimate of drug-likeness (QED) is 0.168. The van der Waals surface area contributed by atoms with Gasteiger partial charge < -0.3 is 9.47 Å². The van der Waals surface area contributed by atoms with Crippen molar-refractivity contribution >= 4 is 11.9 Å². The van der Waals surface area contributed by atoms with E-state index in [9.17, 15) is 9.59 Å². The number of carbonyl (C=O) groups is 2. The molecule has 0 aromatic rings. The summed E-state index contributed by atoms with van der Waals surface area (Å²) in [5.74, 6) is 1.39. The molecule has 1 atom stereocenters. The smallest absolute Gasteiger partial charge is 0.305 e. The van der Waals surface area contributed by atoms with Crippen molar-refractivity contribution in [1.29, 1.82) is 0 Å². The molecule has 0 saturated heterocycles. The maximum Gasteiger partial charge on any atom is 0.305 e. The van der Waals surface area contributed by atoms with Gasteiger partial charge in [-0.3, -0.25) is 9.59 Å². The first kappa shape index (κ1) is 27.9. The number of rotatable bonds is 19. The van der Waals surface area contributed by atoms with Crippen LogP contribution in [0.5, 0.6) is 0 Å². The average molecular weight is 413 g/mol. The van der Waals surface area contributed by atoms with Crippen molar-refractivity contribution in [3.63, 3.8) is 0 Å². The van der Waals surface area contributed by atoms with Crippen molar-refractivity contribution in [2.45, 2.75) is 118 Å². The normalized spacial score (nSPS) is 12.4. The second-order valence-electron chi connectivity index (χ2n) is 9.33. The van der Waals surface area contributed by atoms with Crippen LogP contribution in [0.4, 0.5) is 0 Å². The molecule has 29 heavy (non-hydrogen) atoms. The molecule has 4 heteroatoms. The van der Waals surface area contributed by atoms with Gasteiger partial charge in [0, 0.05) is 12.8 Å². The first-order valence-corrected chi connectivity index (χ1v) is 12.2. The number of hydrogen-bond donors (Lipinski definition) is 0. The fourth-order valence-electron chi connectivity index (χ4n) is 3.30. The van der Waals surface area contributed by atoms with E-state index < -0.39 is 0 Å². The first-order chi connectivity index (χ1) is 13.8. The Morgan fingerprint density at radius 2 is 1.07 bits per heavy atom. The van der Waals surface area contributed by atoms with Crippen LogP contribution in [-0.2, 0) is 19.1 Å². The fourth-order valence-corrected chi connectivity index (χ4v) is 3.30. The SMILES string of the molecule is CCC(CCCCCCCCCCC(=O)OCC(C)C)CCC(=O)OCC(C)C. The molecule has 0 spiro atoms.